The first kappa shape index (κ1) is 21.9. The van der Waals surface area contributed by atoms with Crippen molar-refractivity contribution in [2.45, 2.75) is 44.3 Å². The van der Waals surface area contributed by atoms with Crippen LogP contribution < -0.4 is 21.7 Å². The molecule has 0 spiro atoms. The summed E-state index contributed by atoms with van der Waals surface area (Å²) in [7, 11) is 0. The fraction of sp³-hybridized carbons (Fsp3) is 0.348. The third-order valence-corrected chi connectivity index (χ3v) is 5.85. The van der Waals surface area contributed by atoms with Gasteiger partial charge in [0.1, 0.15) is 17.9 Å². The van der Waals surface area contributed by atoms with E-state index in [0.717, 1.165) is 23.7 Å². The molecule has 168 valence electrons. The minimum absolute atomic E-state index is 0.143. The highest BCUT2D eigenvalue weighted by Gasteiger charge is 2.29. The molecule has 1 aromatic carbocycles. The highest BCUT2D eigenvalue weighted by molar-refractivity contribution is 5.92. The van der Waals surface area contributed by atoms with Gasteiger partial charge in [-0.15, -0.1) is 0 Å². The number of nitrogens with two attached hydrogens (primary N) is 1. The van der Waals surface area contributed by atoms with Crippen LogP contribution in [0, 0.1) is 11.6 Å². The molecule has 4 rings (SSSR count). The maximum absolute atomic E-state index is 14.2. The lowest BCUT2D eigenvalue weighted by Crippen LogP contribution is -2.52. The SMILES string of the molecule is CC(NC(=O)[C@H]1C=C(c2cccc(F)c2F)CCN1)C(=O)N[C@@H]1CCc2nc(N)ccc21. The van der Waals surface area contributed by atoms with E-state index >= 15 is 0 Å². The molecule has 2 heterocycles. The number of anilines is 1. The molecule has 0 bridgehead atoms. The Hall–Kier alpha value is -3.33. The van der Waals surface area contributed by atoms with E-state index in [1.807, 2.05) is 6.07 Å². The van der Waals surface area contributed by atoms with Crippen molar-refractivity contribution >= 4 is 23.2 Å². The molecule has 2 aliphatic rings. The van der Waals surface area contributed by atoms with Gasteiger partial charge in [0.2, 0.25) is 11.8 Å². The number of rotatable bonds is 5. The standard InChI is InChI=1S/C23H25F2N5O2/c1-12(22(31)30-18-7-6-17-15(18)5-8-20(26)29-17)28-23(32)19-11-13(9-10-27-19)14-3-2-4-16(24)21(14)25/h2-5,8,11-12,18-19,27H,6-7,9-10H2,1H3,(H2,26,29)(H,28,32)(H,30,31)/t12?,18-,19-/m1/s1. The van der Waals surface area contributed by atoms with Gasteiger partial charge in [-0.2, -0.15) is 0 Å². The zero-order chi connectivity index (χ0) is 22.8. The van der Waals surface area contributed by atoms with Crippen molar-refractivity contribution in [1.29, 1.82) is 0 Å². The first-order chi connectivity index (χ1) is 15.3. The molecule has 0 saturated carbocycles. The Morgan fingerprint density at radius 3 is 2.84 bits per heavy atom. The summed E-state index contributed by atoms with van der Waals surface area (Å²) in [6.45, 7) is 2.03. The lowest BCUT2D eigenvalue weighted by atomic mass is 9.96. The van der Waals surface area contributed by atoms with Gasteiger partial charge in [-0.1, -0.05) is 24.3 Å². The van der Waals surface area contributed by atoms with Crippen molar-refractivity contribution in [3.05, 3.63) is 64.9 Å². The van der Waals surface area contributed by atoms with Crippen molar-refractivity contribution < 1.29 is 18.4 Å². The van der Waals surface area contributed by atoms with Gasteiger partial charge in [0, 0.05) is 17.8 Å². The summed E-state index contributed by atoms with van der Waals surface area (Å²) >= 11 is 0. The highest BCUT2D eigenvalue weighted by atomic mass is 19.2. The molecule has 2 aromatic rings. The summed E-state index contributed by atoms with van der Waals surface area (Å²) < 4.78 is 27.7. The number of fused-ring (bicyclic) bond motifs is 1. The first-order valence-electron chi connectivity index (χ1n) is 10.6. The minimum atomic E-state index is -0.931. The van der Waals surface area contributed by atoms with Gasteiger partial charge in [-0.05, 0) is 49.5 Å². The lowest BCUT2D eigenvalue weighted by molar-refractivity contribution is -0.129. The zero-order valence-electron chi connectivity index (χ0n) is 17.6. The number of pyridine rings is 1. The maximum Gasteiger partial charge on any atom is 0.242 e. The molecule has 32 heavy (non-hydrogen) atoms. The van der Waals surface area contributed by atoms with Gasteiger partial charge >= 0.3 is 0 Å². The molecule has 1 aliphatic carbocycles. The second-order valence-electron chi connectivity index (χ2n) is 8.08. The number of amides is 2. The van der Waals surface area contributed by atoms with Gasteiger partial charge in [-0.25, -0.2) is 13.8 Å². The third-order valence-electron chi connectivity index (χ3n) is 5.85. The number of benzene rings is 1. The predicted octanol–water partition coefficient (Wildman–Crippen LogP) is 2.00. The number of hydrogen-bond acceptors (Lipinski definition) is 5. The number of hydrogen-bond donors (Lipinski definition) is 4. The number of nitrogens with zero attached hydrogens (tertiary/aromatic N) is 1. The van der Waals surface area contributed by atoms with Crippen molar-refractivity contribution in [2.75, 3.05) is 12.3 Å². The molecule has 2 amide bonds. The average Bonchev–Trinajstić information content (AvgIpc) is 3.17. The number of aryl methyl sites for hydroxylation is 1. The normalized spacial score (nSPS) is 20.8. The number of nitrogens with one attached hydrogen (secondary N) is 3. The quantitative estimate of drug-likeness (QED) is 0.568. The molecule has 1 aliphatic heterocycles. The third kappa shape index (κ3) is 4.47. The fourth-order valence-corrected chi connectivity index (χ4v) is 4.15. The summed E-state index contributed by atoms with van der Waals surface area (Å²) in [4.78, 5) is 29.7. The van der Waals surface area contributed by atoms with Crippen LogP contribution in [0.4, 0.5) is 14.6 Å². The monoisotopic (exact) mass is 441 g/mol. The van der Waals surface area contributed by atoms with E-state index in [1.165, 1.54) is 12.1 Å². The number of aromatic nitrogens is 1. The predicted molar refractivity (Wildman–Crippen MR) is 116 cm³/mol. The van der Waals surface area contributed by atoms with Gasteiger partial charge in [0.05, 0.1) is 6.04 Å². The second-order valence-corrected chi connectivity index (χ2v) is 8.08. The van der Waals surface area contributed by atoms with Crippen LogP contribution in [0.5, 0.6) is 0 Å². The molecule has 7 nitrogen and oxygen atoms in total. The van der Waals surface area contributed by atoms with Gasteiger partial charge in [0.15, 0.2) is 11.6 Å². The Kier molecular flexibility index (Phi) is 6.18. The number of carbonyl (C=O) groups excluding carboxylic acids is 2. The summed E-state index contributed by atoms with van der Waals surface area (Å²) in [5, 5.41) is 8.67. The van der Waals surface area contributed by atoms with Gasteiger partial charge in [-0.3, -0.25) is 9.59 Å². The molecule has 1 unspecified atom stereocenters. The number of carbonyl (C=O) groups is 2. The zero-order valence-corrected chi connectivity index (χ0v) is 17.6. The van der Waals surface area contributed by atoms with Crippen molar-refractivity contribution in [3.63, 3.8) is 0 Å². The summed E-state index contributed by atoms with van der Waals surface area (Å²) in [5.74, 6) is -2.14. The Balaban J connectivity index is 1.39. The molecule has 1 aromatic heterocycles. The molecule has 5 N–H and O–H groups in total. The van der Waals surface area contributed by atoms with Gasteiger partial charge < -0.3 is 21.7 Å². The lowest BCUT2D eigenvalue weighted by Gasteiger charge is -2.25. The van der Waals surface area contributed by atoms with Crippen LogP contribution in [0.3, 0.4) is 0 Å². The molecular weight excluding hydrogens is 416 g/mol. The maximum atomic E-state index is 14.2. The van der Waals surface area contributed by atoms with Crippen LogP contribution in [-0.4, -0.2) is 35.4 Å². The average molecular weight is 441 g/mol. The number of halogens is 2. The second kappa shape index (κ2) is 9.04. The van der Waals surface area contributed by atoms with E-state index in [2.05, 4.69) is 20.9 Å². The van der Waals surface area contributed by atoms with Crippen LogP contribution >= 0.6 is 0 Å². The Bertz CT molecular complexity index is 1090. The molecule has 0 radical (unpaired) electrons. The van der Waals surface area contributed by atoms with Gasteiger partial charge in [0.25, 0.3) is 0 Å². The van der Waals surface area contributed by atoms with E-state index in [-0.39, 0.29) is 17.5 Å². The van der Waals surface area contributed by atoms with E-state index in [9.17, 15) is 18.4 Å². The first-order valence-corrected chi connectivity index (χ1v) is 10.6. The topological polar surface area (TPSA) is 109 Å². The largest absolute Gasteiger partial charge is 0.384 e. The Morgan fingerprint density at radius 2 is 2.03 bits per heavy atom. The van der Waals surface area contributed by atoms with Crippen LogP contribution in [-0.2, 0) is 16.0 Å². The highest BCUT2D eigenvalue weighted by Crippen LogP contribution is 2.30. The van der Waals surface area contributed by atoms with Crippen molar-refractivity contribution in [2.24, 2.45) is 0 Å². The minimum Gasteiger partial charge on any atom is -0.384 e. The smallest absolute Gasteiger partial charge is 0.242 e. The van der Waals surface area contributed by atoms with E-state index < -0.39 is 29.6 Å². The van der Waals surface area contributed by atoms with E-state index in [1.54, 1.807) is 19.1 Å². The molecule has 9 heteroatoms. The van der Waals surface area contributed by atoms with Crippen molar-refractivity contribution in [3.8, 4) is 0 Å². The summed E-state index contributed by atoms with van der Waals surface area (Å²) in [6, 6.07) is 5.83. The van der Waals surface area contributed by atoms with Crippen LogP contribution in [0.15, 0.2) is 36.4 Å². The summed E-state index contributed by atoms with van der Waals surface area (Å²) in [6.07, 6.45) is 3.47. The molecule has 0 saturated heterocycles. The number of nitrogen functional groups attached to an aromatic ring is 1. The summed E-state index contributed by atoms with van der Waals surface area (Å²) in [5.41, 5.74) is 8.22. The Morgan fingerprint density at radius 1 is 1.22 bits per heavy atom. The van der Waals surface area contributed by atoms with E-state index in [4.69, 9.17) is 5.73 Å². The van der Waals surface area contributed by atoms with Crippen LogP contribution in [0.2, 0.25) is 0 Å². The Labute approximate surface area is 184 Å². The molecular formula is C23H25F2N5O2. The molecule has 0 fully saturated rings. The molecule has 3 atom stereocenters. The fourth-order valence-electron chi connectivity index (χ4n) is 4.15. The van der Waals surface area contributed by atoms with Crippen molar-refractivity contribution in [1.82, 2.24) is 20.9 Å². The van der Waals surface area contributed by atoms with Crippen LogP contribution in [0.1, 0.15) is 42.6 Å². The van der Waals surface area contributed by atoms with E-state index in [0.29, 0.717) is 30.8 Å². The van der Waals surface area contributed by atoms with Crippen LogP contribution in [0.25, 0.3) is 5.57 Å².